The highest BCUT2D eigenvalue weighted by atomic mass is 16.5. The summed E-state index contributed by atoms with van der Waals surface area (Å²) in [6.07, 6.45) is 2.07. The summed E-state index contributed by atoms with van der Waals surface area (Å²) in [6, 6.07) is 27.5. The first-order valence-corrected chi connectivity index (χ1v) is 11.6. The third-order valence-electron chi connectivity index (χ3n) is 6.41. The molecule has 1 aromatic heterocycles. The zero-order chi connectivity index (χ0) is 24.4. The predicted octanol–water partition coefficient (Wildman–Crippen LogP) is 6.12. The summed E-state index contributed by atoms with van der Waals surface area (Å²) >= 11 is 0. The topological polar surface area (TPSA) is 63.0 Å². The lowest BCUT2D eigenvalue weighted by atomic mass is 9.89. The Hall–Kier alpha value is -4.32. The summed E-state index contributed by atoms with van der Waals surface area (Å²) in [4.78, 5) is 30.9. The Kier molecular flexibility index (Phi) is 6.10. The molecule has 0 saturated carbocycles. The van der Waals surface area contributed by atoms with Crippen LogP contribution in [0.1, 0.15) is 45.9 Å². The molecule has 35 heavy (non-hydrogen) atoms. The van der Waals surface area contributed by atoms with E-state index in [-0.39, 0.29) is 29.7 Å². The largest absolute Gasteiger partial charge is 0.497 e. The molecule has 3 aromatic carbocycles. The fraction of sp³-hybridized carbons (Fsp3) is 0.172. The van der Waals surface area contributed by atoms with Crippen LogP contribution in [0.5, 0.6) is 5.75 Å². The van der Waals surface area contributed by atoms with Gasteiger partial charge < -0.3 is 14.1 Å². The summed E-state index contributed by atoms with van der Waals surface area (Å²) in [7, 11) is 1.60. The molecule has 176 valence electrons. The molecule has 6 heteroatoms. The minimum Gasteiger partial charge on any atom is -0.497 e. The molecule has 2 heterocycles. The van der Waals surface area contributed by atoms with Crippen LogP contribution in [-0.4, -0.2) is 25.0 Å². The van der Waals surface area contributed by atoms with E-state index in [4.69, 9.17) is 9.15 Å². The third kappa shape index (κ3) is 4.19. The average molecular weight is 467 g/mol. The SMILES string of the molecule is COc1ccc(C(=O)N2c3ccccc3[C@@H](N(C(=O)c3ccco3)c3ccccc3)C[C@H]2C)cc1. The second-order valence-corrected chi connectivity index (χ2v) is 8.55. The van der Waals surface area contributed by atoms with Crippen LogP contribution in [0.15, 0.2) is 102 Å². The number of amides is 2. The van der Waals surface area contributed by atoms with E-state index < -0.39 is 0 Å². The summed E-state index contributed by atoms with van der Waals surface area (Å²) in [6.45, 7) is 2.02. The Balaban J connectivity index is 1.58. The number of ether oxygens (including phenoxy) is 1. The van der Waals surface area contributed by atoms with E-state index in [0.717, 1.165) is 16.9 Å². The summed E-state index contributed by atoms with van der Waals surface area (Å²) in [5.74, 6) is 0.664. The number of methoxy groups -OCH3 is 1. The number of carbonyl (C=O) groups is 2. The molecule has 0 N–H and O–H groups in total. The highest BCUT2D eigenvalue weighted by molar-refractivity contribution is 6.08. The van der Waals surface area contributed by atoms with Crippen molar-refractivity contribution in [1.82, 2.24) is 0 Å². The van der Waals surface area contributed by atoms with Gasteiger partial charge in [-0.1, -0.05) is 36.4 Å². The van der Waals surface area contributed by atoms with Crippen LogP contribution < -0.4 is 14.5 Å². The third-order valence-corrected chi connectivity index (χ3v) is 6.41. The number of rotatable bonds is 5. The molecule has 2 amide bonds. The smallest absolute Gasteiger partial charge is 0.294 e. The van der Waals surface area contributed by atoms with E-state index in [1.54, 1.807) is 48.4 Å². The van der Waals surface area contributed by atoms with Crippen molar-refractivity contribution < 1.29 is 18.7 Å². The fourth-order valence-electron chi connectivity index (χ4n) is 4.75. The van der Waals surface area contributed by atoms with E-state index in [1.165, 1.54) is 6.26 Å². The first-order valence-electron chi connectivity index (χ1n) is 11.6. The zero-order valence-corrected chi connectivity index (χ0v) is 19.6. The lowest BCUT2D eigenvalue weighted by Gasteiger charge is -2.43. The maximum absolute atomic E-state index is 13.7. The van der Waals surface area contributed by atoms with E-state index in [9.17, 15) is 9.59 Å². The number of hydrogen-bond acceptors (Lipinski definition) is 4. The van der Waals surface area contributed by atoms with E-state index >= 15 is 0 Å². The lowest BCUT2D eigenvalue weighted by molar-refractivity contribution is 0.0944. The van der Waals surface area contributed by atoms with Gasteiger partial charge in [-0.05, 0) is 73.5 Å². The molecule has 2 atom stereocenters. The van der Waals surface area contributed by atoms with E-state index in [2.05, 4.69) is 0 Å². The molecule has 5 rings (SSSR count). The van der Waals surface area contributed by atoms with Crippen molar-refractivity contribution in [3.05, 3.63) is 114 Å². The number of para-hydroxylation sites is 2. The van der Waals surface area contributed by atoms with Gasteiger partial charge in [-0.25, -0.2) is 0 Å². The number of fused-ring (bicyclic) bond motifs is 1. The van der Waals surface area contributed by atoms with Crippen LogP contribution >= 0.6 is 0 Å². The molecule has 0 unspecified atom stereocenters. The zero-order valence-electron chi connectivity index (χ0n) is 19.6. The number of benzene rings is 3. The van der Waals surface area contributed by atoms with Crippen LogP contribution in [0.2, 0.25) is 0 Å². The molecular formula is C29H26N2O4. The number of hydrogen-bond donors (Lipinski definition) is 0. The molecule has 0 fully saturated rings. The maximum atomic E-state index is 13.7. The van der Waals surface area contributed by atoms with Crippen molar-refractivity contribution in [3.63, 3.8) is 0 Å². The van der Waals surface area contributed by atoms with Gasteiger partial charge in [-0.2, -0.15) is 0 Å². The van der Waals surface area contributed by atoms with Crippen molar-refractivity contribution in [2.45, 2.75) is 25.4 Å². The van der Waals surface area contributed by atoms with Crippen molar-refractivity contribution in [3.8, 4) is 5.75 Å². The number of carbonyl (C=O) groups excluding carboxylic acids is 2. The Morgan fingerprint density at radius 2 is 1.63 bits per heavy atom. The van der Waals surface area contributed by atoms with Crippen LogP contribution in [0.3, 0.4) is 0 Å². The fourth-order valence-corrected chi connectivity index (χ4v) is 4.75. The average Bonchev–Trinajstić information content (AvgIpc) is 3.44. The van der Waals surface area contributed by atoms with Crippen molar-refractivity contribution in [2.75, 3.05) is 16.9 Å². The van der Waals surface area contributed by atoms with Gasteiger partial charge in [-0.3, -0.25) is 14.5 Å². The van der Waals surface area contributed by atoms with Gasteiger partial charge in [0.15, 0.2) is 5.76 Å². The van der Waals surface area contributed by atoms with Crippen LogP contribution in [0.25, 0.3) is 0 Å². The Bertz CT molecular complexity index is 1320. The number of anilines is 2. The van der Waals surface area contributed by atoms with Gasteiger partial charge >= 0.3 is 0 Å². The van der Waals surface area contributed by atoms with Crippen LogP contribution in [0, 0.1) is 0 Å². The molecule has 4 aromatic rings. The van der Waals surface area contributed by atoms with Crippen molar-refractivity contribution >= 4 is 23.2 Å². The van der Waals surface area contributed by atoms with Gasteiger partial charge in [0.1, 0.15) is 5.75 Å². The Morgan fingerprint density at radius 3 is 2.31 bits per heavy atom. The van der Waals surface area contributed by atoms with Gasteiger partial charge in [0.05, 0.1) is 19.4 Å². The van der Waals surface area contributed by atoms with E-state index in [0.29, 0.717) is 17.7 Å². The monoisotopic (exact) mass is 466 g/mol. The van der Waals surface area contributed by atoms with Gasteiger partial charge in [0.25, 0.3) is 11.8 Å². The summed E-state index contributed by atoms with van der Waals surface area (Å²) in [5.41, 5.74) is 3.06. The standard InChI is InChI=1S/C29H26N2O4/c1-20-19-26(31(22-9-4-3-5-10-22)29(33)27-13-8-18-35-27)24-11-6-7-12-25(24)30(20)28(32)21-14-16-23(34-2)17-15-21/h3-18,20,26H,19H2,1-2H3/t20-,26+/m1/s1. The van der Waals surface area contributed by atoms with Crippen LogP contribution in [0.4, 0.5) is 11.4 Å². The summed E-state index contributed by atoms with van der Waals surface area (Å²) in [5, 5.41) is 0. The molecule has 0 radical (unpaired) electrons. The van der Waals surface area contributed by atoms with Gasteiger partial charge in [0, 0.05) is 23.0 Å². The highest BCUT2D eigenvalue weighted by Gasteiger charge is 2.39. The van der Waals surface area contributed by atoms with Gasteiger partial charge in [-0.15, -0.1) is 0 Å². The van der Waals surface area contributed by atoms with Crippen LogP contribution in [-0.2, 0) is 0 Å². The second-order valence-electron chi connectivity index (χ2n) is 8.55. The second kappa shape index (κ2) is 9.50. The van der Waals surface area contributed by atoms with Crippen molar-refractivity contribution in [2.24, 2.45) is 0 Å². The highest BCUT2D eigenvalue weighted by Crippen LogP contribution is 2.43. The maximum Gasteiger partial charge on any atom is 0.294 e. The normalized spacial score (nSPS) is 16.9. The Labute approximate surface area is 204 Å². The molecule has 1 aliphatic rings. The molecule has 6 nitrogen and oxygen atoms in total. The quantitative estimate of drug-likeness (QED) is 0.356. The minimum atomic E-state index is -0.277. The lowest BCUT2D eigenvalue weighted by Crippen LogP contribution is -2.47. The van der Waals surface area contributed by atoms with Gasteiger partial charge in [0.2, 0.25) is 0 Å². The van der Waals surface area contributed by atoms with E-state index in [1.807, 2.05) is 66.4 Å². The molecular weight excluding hydrogens is 440 g/mol. The molecule has 0 saturated heterocycles. The molecule has 0 spiro atoms. The molecule has 0 bridgehead atoms. The van der Waals surface area contributed by atoms with Crippen molar-refractivity contribution in [1.29, 1.82) is 0 Å². The first kappa shape index (κ1) is 22.5. The summed E-state index contributed by atoms with van der Waals surface area (Å²) < 4.78 is 10.7. The first-order chi connectivity index (χ1) is 17.1. The number of furan rings is 1. The molecule has 0 aliphatic carbocycles. The Morgan fingerprint density at radius 1 is 0.914 bits per heavy atom. The predicted molar refractivity (Wildman–Crippen MR) is 135 cm³/mol. The minimum absolute atomic E-state index is 0.0883. The molecule has 1 aliphatic heterocycles. The number of nitrogens with zero attached hydrogens (tertiary/aromatic N) is 2.